The van der Waals surface area contributed by atoms with Gasteiger partial charge >= 0.3 is 0 Å². The zero-order valence-corrected chi connectivity index (χ0v) is 11.5. The van der Waals surface area contributed by atoms with E-state index in [4.69, 9.17) is 4.74 Å². The van der Waals surface area contributed by atoms with E-state index in [2.05, 4.69) is 12.2 Å². The number of hydrogen-bond donors (Lipinski definition) is 1. The largest absolute Gasteiger partial charge is 0.380 e. The maximum absolute atomic E-state index is 11.3. The van der Waals surface area contributed by atoms with Gasteiger partial charge in [0.1, 0.15) is 9.84 Å². The van der Waals surface area contributed by atoms with E-state index in [1.807, 2.05) is 7.05 Å². The van der Waals surface area contributed by atoms with E-state index in [9.17, 15) is 8.42 Å². The molecule has 0 saturated heterocycles. The Bertz CT molecular complexity index is 252. The van der Waals surface area contributed by atoms with Gasteiger partial charge in [0.25, 0.3) is 0 Å². The Labute approximate surface area is 99.7 Å². The summed E-state index contributed by atoms with van der Waals surface area (Å²) < 4.78 is 28.0. The van der Waals surface area contributed by atoms with E-state index in [0.717, 1.165) is 19.4 Å². The highest BCUT2D eigenvalue weighted by molar-refractivity contribution is 7.91. The average molecular weight is 251 g/mol. The summed E-state index contributed by atoms with van der Waals surface area (Å²) in [5, 5.41) is 3.15. The molecular weight excluding hydrogens is 226 g/mol. The molecule has 1 unspecified atom stereocenters. The van der Waals surface area contributed by atoms with E-state index in [1.165, 1.54) is 0 Å². The Morgan fingerprint density at radius 3 is 2.50 bits per heavy atom. The summed E-state index contributed by atoms with van der Waals surface area (Å²) in [5.74, 6) is 0.527. The highest BCUT2D eigenvalue weighted by Gasteiger charge is 2.10. The van der Waals surface area contributed by atoms with E-state index in [0.29, 0.717) is 13.0 Å². The lowest BCUT2D eigenvalue weighted by atomic mass is 10.2. The van der Waals surface area contributed by atoms with E-state index < -0.39 is 9.84 Å². The monoisotopic (exact) mass is 251 g/mol. The van der Waals surface area contributed by atoms with Crippen LogP contribution in [-0.4, -0.2) is 46.2 Å². The van der Waals surface area contributed by atoms with Crippen LogP contribution in [-0.2, 0) is 14.6 Å². The van der Waals surface area contributed by atoms with Gasteiger partial charge in [-0.1, -0.05) is 13.8 Å². The molecule has 0 amide bonds. The highest BCUT2D eigenvalue weighted by atomic mass is 32.2. The van der Waals surface area contributed by atoms with Crippen LogP contribution >= 0.6 is 0 Å². The third-order valence-electron chi connectivity index (χ3n) is 2.52. The number of hydrogen-bond acceptors (Lipinski definition) is 4. The zero-order chi connectivity index (χ0) is 12.4. The van der Waals surface area contributed by atoms with Crippen molar-refractivity contribution in [2.45, 2.75) is 39.2 Å². The molecule has 0 fully saturated rings. The Hall–Kier alpha value is -0.130. The van der Waals surface area contributed by atoms with Crippen molar-refractivity contribution in [2.24, 2.45) is 0 Å². The number of ether oxygens (including phenoxy) is 1. The van der Waals surface area contributed by atoms with Crippen LogP contribution in [0.1, 0.15) is 33.1 Å². The second-order valence-electron chi connectivity index (χ2n) is 3.94. The molecule has 0 aliphatic carbocycles. The molecule has 0 rings (SSSR count). The second-order valence-corrected chi connectivity index (χ2v) is 6.41. The van der Waals surface area contributed by atoms with Crippen molar-refractivity contribution in [3.05, 3.63) is 0 Å². The number of nitrogens with one attached hydrogen (secondary N) is 1. The molecule has 0 bridgehead atoms. The van der Waals surface area contributed by atoms with Crippen LogP contribution < -0.4 is 5.32 Å². The van der Waals surface area contributed by atoms with Crippen molar-refractivity contribution in [1.82, 2.24) is 5.32 Å². The maximum Gasteiger partial charge on any atom is 0.150 e. The summed E-state index contributed by atoms with van der Waals surface area (Å²) in [5.41, 5.74) is 0. The van der Waals surface area contributed by atoms with E-state index in [1.54, 1.807) is 6.92 Å². The highest BCUT2D eigenvalue weighted by Crippen LogP contribution is 2.02. The summed E-state index contributed by atoms with van der Waals surface area (Å²) in [6.07, 6.45) is 2.57. The second kappa shape index (κ2) is 8.96. The smallest absolute Gasteiger partial charge is 0.150 e. The van der Waals surface area contributed by atoms with Crippen LogP contribution in [0, 0.1) is 0 Å². The van der Waals surface area contributed by atoms with Crippen LogP contribution in [0.2, 0.25) is 0 Å². The number of likely N-dealkylation sites (N-methyl/N-ethyl adjacent to an activating group) is 1. The fourth-order valence-corrected chi connectivity index (χ4v) is 2.27. The molecule has 1 N–H and O–H groups in total. The average Bonchev–Trinajstić information content (AvgIpc) is 2.27. The van der Waals surface area contributed by atoms with Gasteiger partial charge in [0, 0.05) is 18.4 Å². The molecule has 0 aliphatic rings. The summed E-state index contributed by atoms with van der Waals surface area (Å²) in [4.78, 5) is 0. The summed E-state index contributed by atoms with van der Waals surface area (Å²) in [7, 11) is -0.934. The Morgan fingerprint density at radius 1 is 1.31 bits per heavy atom. The van der Waals surface area contributed by atoms with Gasteiger partial charge in [0.2, 0.25) is 0 Å². The van der Waals surface area contributed by atoms with Gasteiger partial charge in [-0.15, -0.1) is 0 Å². The van der Waals surface area contributed by atoms with Crippen molar-refractivity contribution in [3.63, 3.8) is 0 Å². The normalized spacial score (nSPS) is 13.9. The van der Waals surface area contributed by atoms with E-state index >= 15 is 0 Å². The first-order chi connectivity index (χ1) is 7.55. The summed E-state index contributed by atoms with van der Waals surface area (Å²) in [6, 6.07) is 0.263. The third kappa shape index (κ3) is 8.07. The summed E-state index contributed by atoms with van der Waals surface area (Å²) >= 11 is 0. The third-order valence-corrected chi connectivity index (χ3v) is 4.31. The van der Waals surface area contributed by atoms with Gasteiger partial charge in [-0.25, -0.2) is 8.42 Å². The molecule has 4 nitrogen and oxygen atoms in total. The first-order valence-corrected chi connectivity index (χ1v) is 7.83. The topological polar surface area (TPSA) is 55.4 Å². The minimum Gasteiger partial charge on any atom is -0.380 e. The minimum atomic E-state index is -2.82. The van der Waals surface area contributed by atoms with Crippen molar-refractivity contribution < 1.29 is 13.2 Å². The van der Waals surface area contributed by atoms with Gasteiger partial charge in [0.15, 0.2) is 0 Å². The number of sulfone groups is 1. The Balaban J connectivity index is 3.70. The molecule has 98 valence electrons. The molecule has 1 atom stereocenters. The molecule has 0 radical (unpaired) electrons. The fraction of sp³-hybridized carbons (Fsp3) is 1.00. The molecule has 0 aliphatic heterocycles. The van der Waals surface area contributed by atoms with Crippen molar-refractivity contribution in [3.8, 4) is 0 Å². The molecule has 0 aromatic rings. The van der Waals surface area contributed by atoms with Gasteiger partial charge in [-0.2, -0.15) is 0 Å². The molecule has 0 spiro atoms. The van der Waals surface area contributed by atoms with Crippen LogP contribution in [0.15, 0.2) is 0 Å². The van der Waals surface area contributed by atoms with Crippen molar-refractivity contribution in [1.29, 1.82) is 0 Å². The first-order valence-electron chi connectivity index (χ1n) is 6.01. The first kappa shape index (κ1) is 15.9. The molecule has 0 saturated carbocycles. The van der Waals surface area contributed by atoms with Crippen LogP contribution in [0.25, 0.3) is 0 Å². The van der Waals surface area contributed by atoms with Gasteiger partial charge in [0.05, 0.1) is 12.4 Å². The lowest BCUT2D eigenvalue weighted by molar-refractivity contribution is 0.111. The Kier molecular flexibility index (Phi) is 8.89. The quantitative estimate of drug-likeness (QED) is 0.593. The summed E-state index contributed by atoms with van der Waals surface area (Å²) in [6.45, 7) is 5.19. The Morgan fingerprint density at radius 2 is 2.00 bits per heavy atom. The minimum absolute atomic E-state index is 0.240. The lowest BCUT2D eigenvalue weighted by Gasteiger charge is -2.15. The van der Waals surface area contributed by atoms with Crippen LogP contribution in [0.5, 0.6) is 0 Å². The van der Waals surface area contributed by atoms with Gasteiger partial charge < -0.3 is 10.1 Å². The molecule has 0 heterocycles. The van der Waals surface area contributed by atoms with Crippen molar-refractivity contribution >= 4 is 9.84 Å². The molecule has 0 aromatic carbocycles. The number of rotatable bonds is 10. The van der Waals surface area contributed by atoms with Crippen LogP contribution in [0.4, 0.5) is 0 Å². The van der Waals surface area contributed by atoms with Crippen LogP contribution in [0.3, 0.4) is 0 Å². The fourth-order valence-electron chi connectivity index (χ4n) is 1.37. The zero-order valence-electron chi connectivity index (χ0n) is 10.7. The lowest BCUT2D eigenvalue weighted by Crippen LogP contribution is -2.31. The molecule has 16 heavy (non-hydrogen) atoms. The standard InChI is InChI=1S/C11H25NO3S/c1-4-8-15-10-11(12-3)7-6-9-16(13,14)5-2/h11-12H,4-10H2,1-3H3. The van der Waals surface area contributed by atoms with Crippen molar-refractivity contribution in [2.75, 3.05) is 31.8 Å². The molecule has 0 aromatic heterocycles. The predicted molar refractivity (Wildman–Crippen MR) is 67.5 cm³/mol. The predicted octanol–water partition coefficient (Wildman–Crippen LogP) is 1.22. The SMILES string of the molecule is CCCOCC(CCCS(=O)(=O)CC)NC. The maximum atomic E-state index is 11.3. The van der Waals surface area contributed by atoms with E-state index in [-0.39, 0.29) is 17.5 Å². The molecular formula is C11H25NO3S. The van der Waals surface area contributed by atoms with Gasteiger partial charge in [-0.05, 0) is 26.3 Å². The molecule has 5 heteroatoms. The van der Waals surface area contributed by atoms with Gasteiger partial charge in [-0.3, -0.25) is 0 Å².